The zero-order valence-corrected chi connectivity index (χ0v) is 22.7. The number of ether oxygens (including phenoxy) is 2. The average molecular weight is 507 g/mol. The van der Waals surface area contributed by atoms with Gasteiger partial charge >= 0.3 is 0 Å². The van der Waals surface area contributed by atoms with Crippen LogP contribution in [0.3, 0.4) is 0 Å². The molecule has 0 heterocycles. The average Bonchev–Trinajstić information content (AvgIpc) is 2.98. The Hall–Kier alpha value is -3.95. The van der Waals surface area contributed by atoms with Gasteiger partial charge in [0.25, 0.3) is 0 Å². The van der Waals surface area contributed by atoms with Crippen LogP contribution in [0.15, 0.2) is 109 Å². The van der Waals surface area contributed by atoms with Gasteiger partial charge in [0.2, 0.25) is 0 Å². The van der Waals surface area contributed by atoms with Gasteiger partial charge in [0.1, 0.15) is 5.75 Å². The molecular weight excluding hydrogens is 468 g/mol. The third-order valence-electron chi connectivity index (χ3n) is 5.95. The van der Waals surface area contributed by atoms with Crippen LogP contribution < -0.4 is 4.74 Å². The van der Waals surface area contributed by atoms with E-state index in [9.17, 15) is 4.79 Å². The summed E-state index contributed by atoms with van der Waals surface area (Å²) in [6.45, 7) is 6.09. The number of ketones is 1. The number of allylic oxidation sites excluding steroid dienone is 1. The molecule has 3 nitrogen and oxygen atoms in total. The van der Waals surface area contributed by atoms with E-state index in [1.807, 2.05) is 48.5 Å². The zero-order valence-electron chi connectivity index (χ0n) is 22.7. The van der Waals surface area contributed by atoms with Crippen molar-refractivity contribution in [2.75, 3.05) is 20.3 Å². The van der Waals surface area contributed by atoms with Crippen LogP contribution in [0.5, 0.6) is 5.75 Å². The van der Waals surface area contributed by atoms with Gasteiger partial charge in [0.05, 0.1) is 7.11 Å². The lowest BCUT2D eigenvalue weighted by atomic mass is 9.99. The van der Waals surface area contributed by atoms with E-state index in [1.54, 1.807) is 13.2 Å². The quantitative estimate of drug-likeness (QED) is 0.116. The first kappa shape index (κ1) is 28.6. The molecule has 38 heavy (non-hydrogen) atoms. The first-order valence-corrected chi connectivity index (χ1v) is 13.3. The summed E-state index contributed by atoms with van der Waals surface area (Å²) in [6, 6.07) is 34.4. The van der Waals surface area contributed by atoms with Crippen molar-refractivity contribution in [1.82, 2.24) is 0 Å². The molecule has 196 valence electrons. The Bertz CT molecular complexity index is 1240. The predicted octanol–water partition coefficient (Wildman–Crippen LogP) is 8.67. The van der Waals surface area contributed by atoms with Crippen LogP contribution in [-0.4, -0.2) is 26.1 Å². The van der Waals surface area contributed by atoms with E-state index in [1.165, 1.54) is 22.3 Å². The SMILES string of the molecule is CCCOCCC.COc1ccc(-c2ccc(Cc3ccc(/C=C/C(=O)c4ccccc4)cc3)cc2)cc1. The Morgan fingerprint density at radius 3 is 1.74 bits per heavy atom. The molecule has 0 unspecified atom stereocenters. The van der Waals surface area contributed by atoms with Gasteiger partial charge < -0.3 is 9.47 Å². The van der Waals surface area contributed by atoms with Crippen LogP contribution in [0.1, 0.15) is 53.7 Å². The molecule has 0 aromatic heterocycles. The van der Waals surface area contributed by atoms with Gasteiger partial charge in [-0.3, -0.25) is 4.79 Å². The highest BCUT2D eigenvalue weighted by molar-refractivity contribution is 6.06. The molecule has 0 bridgehead atoms. The minimum absolute atomic E-state index is 0.0154. The number of hydrogen-bond donors (Lipinski definition) is 0. The molecule has 3 heteroatoms. The second kappa shape index (κ2) is 16.0. The van der Waals surface area contributed by atoms with Crippen molar-refractivity contribution < 1.29 is 14.3 Å². The van der Waals surface area contributed by atoms with E-state index in [-0.39, 0.29) is 5.78 Å². The van der Waals surface area contributed by atoms with Crippen LogP contribution >= 0.6 is 0 Å². The largest absolute Gasteiger partial charge is 0.497 e. The fourth-order valence-electron chi connectivity index (χ4n) is 3.84. The Balaban J connectivity index is 0.000000505. The van der Waals surface area contributed by atoms with Crippen LogP contribution in [0, 0.1) is 0 Å². The maximum absolute atomic E-state index is 12.2. The second-order valence-corrected chi connectivity index (χ2v) is 9.02. The summed E-state index contributed by atoms with van der Waals surface area (Å²) in [5, 5.41) is 0. The minimum atomic E-state index is 0.0154. The molecule has 0 atom stereocenters. The molecule has 4 rings (SSSR count). The van der Waals surface area contributed by atoms with Crippen molar-refractivity contribution in [3.63, 3.8) is 0 Å². The summed E-state index contributed by atoms with van der Waals surface area (Å²) in [5.74, 6) is 0.879. The lowest BCUT2D eigenvalue weighted by Gasteiger charge is -2.06. The van der Waals surface area contributed by atoms with Gasteiger partial charge in [0.15, 0.2) is 5.78 Å². The predicted molar refractivity (Wildman–Crippen MR) is 159 cm³/mol. The van der Waals surface area contributed by atoms with Gasteiger partial charge in [0, 0.05) is 18.8 Å². The van der Waals surface area contributed by atoms with Gasteiger partial charge in [-0.2, -0.15) is 0 Å². The molecule has 4 aromatic carbocycles. The highest BCUT2D eigenvalue weighted by atomic mass is 16.5. The van der Waals surface area contributed by atoms with E-state index < -0.39 is 0 Å². The van der Waals surface area contributed by atoms with E-state index in [0.717, 1.165) is 43.8 Å². The number of methoxy groups -OCH3 is 1. The highest BCUT2D eigenvalue weighted by Gasteiger charge is 2.02. The molecule has 0 amide bonds. The number of benzene rings is 4. The smallest absolute Gasteiger partial charge is 0.185 e. The third-order valence-corrected chi connectivity index (χ3v) is 5.95. The normalized spacial score (nSPS) is 10.6. The maximum atomic E-state index is 12.2. The Morgan fingerprint density at radius 1 is 0.684 bits per heavy atom. The van der Waals surface area contributed by atoms with Crippen molar-refractivity contribution in [3.8, 4) is 16.9 Å². The first-order chi connectivity index (χ1) is 18.6. The van der Waals surface area contributed by atoms with Crippen LogP contribution in [0.25, 0.3) is 17.2 Å². The summed E-state index contributed by atoms with van der Waals surface area (Å²) in [6.07, 6.45) is 6.64. The van der Waals surface area contributed by atoms with Gasteiger partial charge in [-0.05, 0) is 65.3 Å². The number of carbonyl (C=O) groups excluding carboxylic acids is 1. The molecule has 0 saturated heterocycles. The van der Waals surface area contributed by atoms with Crippen molar-refractivity contribution in [1.29, 1.82) is 0 Å². The van der Waals surface area contributed by atoms with Crippen LogP contribution in [0.2, 0.25) is 0 Å². The second-order valence-electron chi connectivity index (χ2n) is 9.02. The standard InChI is InChI=1S/C29H24O2.C6H14O/c1-31-28-18-16-26(17-19-28)25-14-11-24(12-15-25)21-23-9-7-22(8-10-23)13-20-29(30)27-5-3-2-4-6-27;1-3-5-7-6-4-2/h2-20H,21H2,1H3;3-6H2,1-2H3/b20-13+;. The molecule has 0 aliphatic rings. The monoisotopic (exact) mass is 506 g/mol. The fraction of sp³-hybridized carbons (Fsp3) is 0.229. The van der Waals surface area contributed by atoms with Gasteiger partial charge in [-0.25, -0.2) is 0 Å². The molecule has 0 saturated carbocycles. The topological polar surface area (TPSA) is 35.5 Å². The van der Waals surface area contributed by atoms with Gasteiger partial charge in [-0.1, -0.05) is 111 Å². The summed E-state index contributed by atoms with van der Waals surface area (Å²) in [4.78, 5) is 12.2. The maximum Gasteiger partial charge on any atom is 0.185 e. The molecule has 0 N–H and O–H groups in total. The molecule has 0 fully saturated rings. The fourth-order valence-corrected chi connectivity index (χ4v) is 3.84. The van der Waals surface area contributed by atoms with E-state index in [2.05, 4.69) is 74.5 Å². The molecule has 0 spiro atoms. The van der Waals surface area contributed by atoms with E-state index >= 15 is 0 Å². The molecule has 4 aromatic rings. The third kappa shape index (κ3) is 9.49. The molecular formula is C35H38O3. The van der Waals surface area contributed by atoms with Crippen molar-refractivity contribution in [2.45, 2.75) is 33.1 Å². The number of hydrogen-bond acceptors (Lipinski definition) is 3. The number of carbonyl (C=O) groups is 1. The van der Waals surface area contributed by atoms with Crippen LogP contribution in [-0.2, 0) is 11.2 Å². The van der Waals surface area contributed by atoms with Crippen molar-refractivity contribution >= 4 is 11.9 Å². The summed E-state index contributed by atoms with van der Waals surface area (Å²) < 4.78 is 10.4. The van der Waals surface area contributed by atoms with Gasteiger partial charge in [-0.15, -0.1) is 0 Å². The lowest BCUT2D eigenvalue weighted by Crippen LogP contribution is -1.93. The van der Waals surface area contributed by atoms with E-state index in [0.29, 0.717) is 5.56 Å². The minimum Gasteiger partial charge on any atom is -0.497 e. The summed E-state index contributed by atoms with van der Waals surface area (Å²) in [7, 11) is 1.68. The molecule has 0 radical (unpaired) electrons. The van der Waals surface area contributed by atoms with Crippen molar-refractivity contribution in [3.05, 3.63) is 131 Å². The molecule has 0 aliphatic heterocycles. The first-order valence-electron chi connectivity index (χ1n) is 13.3. The Kier molecular flexibility index (Phi) is 12.1. The molecule has 0 aliphatic carbocycles. The Morgan fingerprint density at radius 2 is 1.21 bits per heavy atom. The van der Waals surface area contributed by atoms with E-state index in [4.69, 9.17) is 9.47 Å². The summed E-state index contributed by atoms with van der Waals surface area (Å²) >= 11 is 0. The summed E-state index contributed by atoms with van der Waals surface area (Å²) in [5.41, 5.74) is 6.59. The Labute approximate surface area is 227 Å². The highest BCUT2D eigenvalue weighted by Crippen LogP contribution is 2.23. The zero-order chi connectivity index (χ0) is 27.0. The van der Waals surface area contributed by atoms with Crippen LogP contribution in [0.4, 0.5) is 0 Å². The number of rotatable bonds is 11. The van der Waals surface area contributed by atoms with Crippen molar-refractivity contribution in [2.24, 2.45) is 0 Å². The lowest BCUT2D eigenvalue weighted by molar-refractivity contribution is 0.104.